The lowest BCUT2D eigenvalue weighted by molar-refractivity contribution is -0.142. The molecule has 0 aromatic heterocycles. The van der Waals surface area contributed by atoms with E-state index in [1.165, 1.54) is 11.8 Å². The van der Waals surface area contributed by atoms with Gasteiger partial charge in [-0.05, 0) is 23.3 Å². The molecular formula is C20H19NO5. The molecule has 134 valence electrons. The van der Waals surface area contributed by atoms with Gasteiger partial charge in [0.25, 0.3) is 5.91 Å². The fourth-order valence-corrected chi connectivity index (χ4v) is 3.11. The molecule has 1 heterocycles. The van der Waals surface area contributed by atoms with Gasteiger partial charge in [-0.1, -0.05) is 36.4 Å². The molecule has 6 nitrogen and oxygen atoms in total. The first-order chi connectivity index (χ1) is 12.5. The molecule has 3 rings (SSSR count). The zero-order chi connectivity index (χ0) is 18.7. The lowest BCUT2D eigenvalue weighted by atomic mass is 9.91. The Hall–Kier alpha value is -2.99. The van der Waals surface area contributed by atoms with Gasteiger partial charge in [-0.2, -0.15) is 0 Å². The molecular weight excluding hydrogens is 334 g/mol. The van der Waals surface area contributed by atoms with E-state index in [1.807, 2.05) is 30.3 Å². The number of hydrogen-bond acceptors (Lipinski definition) is 5. The van der Waals surface area contributed by atoms with Crippen molar-refractivity contribution in [3.05, 3.63) is 65.2 Å². The summed E-state index contributed by atoms with van der Waals surface area (Å²) < 4.78 is 4.98. The fraction of sp³-hybridized carbons (Fsp3) is 0.250. The normalized spacial score (nSPS) is 18.5. The second kappa shape index (κ2) is 7.09. The topological polar surface area (TPSA) is 83.9 Å². The van der Waals surface area contributed by atoms with Crippen LogP contribution in [0, 0.1) is 0 Å². The summed E-state index contributed by atoms with van der Waals surface area (Å²) in [4.78, 5) is 36.5. The van der Waals surface area contributed by atoms with E-state index in [9.17, 15) is 19.5 Å². The monoisotopic (exact) mass is 353 g/mol. The lowest BCUT2D eigenvalue weighted by Crippen LogP contribution is -2.40. The van der Waals surface area contributed by atoms with Crippen LogP contribution in [0.1, 0.15) is 30.0 Å². The molecule has 0 radical (unpaired) electrons. The standard InChI is InChI=1S/C20H19NO5/c1-14(23)26-13-16-7-8-18-17(11-16)20(25,9-10-22)19(24)21(18)12-15-5-3-2-4-6-15/h2-8,10-11,25H,9,12-13H2,1H3. The molecule has 1 aliphatic heterocycles. The third-order valence-electron chi connectivity index (χ3n) is 4.40. The van der Waals surface area contributed by atoms with Gasteiger partial charge in [-0.15, -0.1) is 0 Å². The Morgan fingerprint density at radius 2 is 1.92 bits per heavy atom. The van der Waals surface area contributed by atoms with Crippen LogP contribution >= 0.6 is 0 Å². The number of esters is 1. The van der Waals surface area contributed by atoms with Gasteiger partial charge in [0.2, 0.25) is 0 Å². The van der Waals surface area contributed by atoms with Crippen LogP contribution < -0.4 is 4.90 Å². The van der Waals surface area contributed by atoms with Gasteiger partial charge < -0.3 is 19.5 Å². The molecule has 1 atom stereocenters. The van der Waals surface area contributed by atoms with E-state index in [4.69, 9.17) is 4.74 Å². The quantitative estimate of drug-likeness (QED) is 0.635. The molecule has 1 aliphatic rings. The summed E-state index contributed by atoms with van der Waals surface area (Å²) in [5, 5.41) is 10.9. The highest BCUT2D eigenvalue weighted by atomic mass is 16.5. The maximum atomic E-state index is 12.9. The predicted octanol–water partition coefficient (Wildman–Crippen LogP) is 2.07. The molecule has 0 fully saturated rings. The Labute approximate surface area is 151 Å². The van der Waals surface area contributed by atoms with Crippen molar-refractivity contribution >= 4 is 23.9 Å². The minimum absolute atomic E-state index is 0.0344. The van der Waals surface area contributed by atoms with E-state index in [2.05, 4.69) is 0 Å². The number of aldehydes is 1. The zero-order valence-corrected chi connectivity index (χ0v) is 14.3. The van der Waals surface area contributed by atoms with Gasteiger partial charge in [-0.3, -0.25) is 9.59 Å². The summed E-state index contributed by atoms with van der Waals surface area (Å²) >= 11 is 0. The number of ether oxygens (including phenoxy) is 1. The number of carbonyl (C=O) groups excluding carboxylic acids is 3. The molecule has 0 aliphatic carbocycles. The number of hydrogen-bond donors (Lipinski definition) is 1. The van der Waals surface area contributed by atoms with Crippen molar-refractivity contribution in [1.29, 1.82) is 0 Å². The average molecular weight is 353 g/mol. The van der Waals surface area contributed by atoms with Crippen molar-refractivity contribution in [3.63, 3.8) is 0 Å². The lowest BCUT2D eigenvalue weighted by Gasteiger charge is -2.21. The van der Waals surface area contributed by atoms with Crippen molar-refractivity contribution < 1.29 is 24.2 Å². The van der Waals surface area contributed by atoms with Crippen molar-refractivity contribution in [2.75, 3.05) is 4.90 Å². The Kier molecular flexibility index (Phi) is 4.86. The number of aliphatic hydroxyl groups is 1. The summed E-state index contributed by atoms with van der Waals surface area (Å²) in [5.74, 6) is -0.955. The van der Waals surface area contributed by atoms with E-state index in [0.717, 1.165) is 5.56 Å². The van der Waals surface area contributed by atoms with Crippen LogP contribution in [0.2, 0.25) is 0 Å². The van der Waals surface area contributed by atoms with E-state index >= 15 is 0 Å². The summed E-state index contributed by atoms with van der Waals surface area (Å²) in [6, 6.07) is 14.5. The van der Waals surface area contributed by atoms with E-state index in [0.29, 0.717) is 23.1 Å². The minimum atomic E-state index is -1.90. The van der Waals surface area contributed by atoms with Crippen LogP contribution in [0.3, 0.4) is 0 Å². The first-order valence-corrected chi connectivity index (χ1v) is 8.24. The number of carbonyl (C=O) groups is 3. The van der Waals surface area contributed by atoms with Gasteiger partial charge >= 0.3 is 5.97 Å². The highest BCUT2D eigenvalue weighted by Crippen LogP contribution is 2.43. The molecule has 2 aromatic carbocycles. The summed E-state index contributed by atoms with van der Waals surface area (Å²) in [7, 11) is 0. The van der Waals surface area contributed by atoms with E-state index in [-0.39, 0.29) is 19.6 Å². The number of amides is 1. The van der Waals surface area contributed by atoms with Gasteiger partial charge in [0.05, 0.1) is 12.2 Å². The largest absolute Gasteiger partial charge is 0.461 e. The number of fused-ring (bicyclic) bond motifs is 1. The highest BCUT2D eigenvalue weighted by molar-refractivity contribution is 6.07. The second-order valence-corrected chi connectivity index (χ2v) is 6.24. The second-order valence-electron chi connectivity index (χ2n) is 6.24. The molecule has 6 heteroatoms. The third kappa shape index (κ3) is 3.23. The number of anilines is 1. The van der Waals surface area contributed by atoms with Crippen LogP contribution in [0.5, 0.6) is 0 Å². The van der Waals surface area contributed by atoms with Crippen LogP contribution in [0.25, 0.3) is 0 Å². The smallest absolute Gasteiger partial charge is 0.302 e. The van der Waals surface area contributed by atoms with Crippen molar-refractivity contribution in [2.45, 2.75) is 32.1 Å². The predicted molar refractivity (Wildman–Crippen MR) is 94.1 cm³/mol. The fourth-order valence-electron chi connectivity index (χ4n) is 3.11. The van der Waals surface area contributed by atoms with Crippen molar-refractivity contribution in [3.8, 4) is 0 Å². The molecule has 2 aromatic rings. The molecule has 0 saturated carbocycles. The summed E-state index contributed by atoms with van der Waals surface area (Å²) in [6.07, 6.45) is 0.202. The third-order valence-corrected chi connectivity index (χ3v) is 4.40. The minimum Gasteiger partial charge on any atom is -0.461 e. The Morgan fingerprint density at radius 3 is 2.58 bits per heavy atom. The Bertz CT molecular complexity index is 849. The highest BCUT2D eigenvalue weighted by Gasteiger charge is 2.49. The Balaban J connectivity index is 1.99. The number of rotatable bonds is 6. The van der Waals surface area contributed by atoms with Gasteiger partial charge in [0.1, 0.15) is 12.9 Å². The Morgan fingerprint density at radius 1 is 1.19 bits per heavy atom. The summed E-state index contributed by atoms with van der Waals surface area (Å²) in [6.45, 7) is 1.63. The molecule has 1 amide bonds. The molecule has 0 bridgehead atoms. The number of nitrogens with zero attached hydrogens (tertiary/aromatic N) is 1. The molecule has 26 heavy (non-hydrogen) atoms. The van der Waals surface area contributed by atoms with Crippen LogP contribution in [-0.4, -0.2) is 23.3 Å². The van der Waals surface area contributed by atoms with Crippen LogP contribution in [0.15, 0.2) is 48.5 Å². The maximum absolute atomic E-state index is 12.9. The van der Waals surface area contributed by atoms with Crippen LogP contribution in [-0.2, 0) is 37.9 Å². The van der Waals surface area contributed by atoms with Gasteiger partial charge in [0.15, 0.2) is 5.60 Å². The van der Waals surface area contributed by atoms with Crippen LogP contribution in [0.4, 0.5) is 5.69 Å². The number of benzene rings is 2. The average Bonchev–Trinajstić information content (AvgIpc) is 2.83. The summed E-state index contributed by atoms with van der Waals surface area (Å²) in [5.41, 5.74) is 0.548. The van der Waals surface area contributed by atoms with Crippen molar-refractivity contribution in [1.82, 2.24) is 0 Å². The van der Waals surface area contributed by atoms with Crippen molar-refractivity contribution in [2.24, 2.45) is 0 Å². The molecule has 0 saturated heterocycles. The van der Waals surface area contributed by atoms with E-state index in [1.54, 1.807) is 18.2 Å². The van der Waals surface area contributed by atoms with E-state index < -0.39 is 17.5 Å². The first kappa shape index (κ1) is 17.8. The molecule has 1 N–H and O–H groups in total. The molecule has 1 unspecified atom stereocenters. The van der Waals surface area contributed by atoms with Gasteiger partial charge in [0, 0.05) is 18.9 Å². The molecule has 0 spiro atoms. The first-order valence-electron chi connectivity index (χ1n) is 8.24. The SMILES string of the molecule is CC(=O)OCc1ccc2c(c1)C(O)(CC=O)C(=O)N2Cc1ccccc1. The maximum Gasteiger partial charge on any atom is 0.302 e. The zero-order valence-electron chi connectivity index (χ0n) is 14.3. The van der Waals surface area contributed by atoms with Gasteiger partial charge in [-0.25, -0.2) is 0 Å².